The quantitative estimate of drug-likeness (QED) is 0.396. The van der Waals surface area contributed by atoms with Gasteiger partial charge in [-0.15, -0.1) is 0 Å². The van der Waals surface area contributed by atoms with Crippen molar-refractivity contribution in [3.63, 3.8) is 0 Å². The molecule has 0 aliphatic rings. The zero-order valence-electron chi connectivity index (χ0n) is 18.1. The molecular formula is C24H30N6. The fourth-order valence-corrected chi connectivity index (χ4v) is 3.87. The molecule has 6 nitrogen and oxygen atoms in total. The topological polar surface area (TPSA) is 51.8 Å². The Kier molecular flexibility index (Phi) is 6.12. The van der Waals surface area contributed by atoms with Crippen molar-refractivity contribution < 1.29 is 0 Å². The van der Waals surface area contributed by atoms with Crippen LogP contribution < -0.4 is 4.90 Å². The Bertz CT molecular complexity index is 1090. The SMILES string of the molecule is CCCN(CCC)c1ccc(-c2nc3ccccc3n2Cc2ccn(CC)n2)cn1. The highest BCUT2D eigenvalue weighted by Crippen LogP contribution is 2.26. The van der Waals surface area contributed by atoms with Crippen LogP contribution in [-0.4, -0.2) is 37.4 Å². The number of aryl methyl sites for hydroxylation is 1. The van der Waals surface area contributed by atoms with Crippen molar-refractivity contribution in [2.24, 2.45) is 0 Å². The summed E-state index contributed by atoms with van der Waals surface area (Å²) in [6, 6.07) is 14.6. The van der Waals surface area contributed by atoms with Gasteiger partial charge in [0.25, 0.3) is 0 Å². The largest absolute Gasteiger partial charge is 0.357 e. The van der Waals surface area contributed by atoms with Crippen molar-refractivity contribution >= 4 is 16.9 Å². The van der Waals surface area contributed by atoms with E-state index in [9.17, 15) is 0 Å². The van der Waals surface area contributed by atoms with E-state index in [0.717, 1.165) is 66.4 Å². The van der Waals surface area contributed by atoms with Crippen molar-refractivity contribution in [2.45, 2.75) is 46.7 Å². The van der Waals surface area contributed by atoms with Gasteiger partial charge in [-0.2, -0.15) is 5.10 Å². The lowest BCUT2D eigenvalue weighted by molar-refractivity contribution is 0.639. The van der Waals surface area contributed by atoms with Gasteiger partial charge in [0.15, 0.2) is 0 Å². The Morgan fingerprint density at radius 3 is 2.40 bits per heavy atom. The number of fused-ring (bicyclic) bond motifs is 1. The highest BCUT2D eigenvalue weighted by atomic mass is 15.3. The summed E-state index contributed by atoms with van der Waals surface area (Å²) >= 11 is 0. The fourth-order valence-electron chi connectivity index (χ4n) is 3.87. The molecule has 0 aliphatic carbocycles. The zero-order valence-corrected chi connectivity index (χ0v) is 18.1. The van der Waals surface area contributed by atoms with Crippen LogP contribution in [0.15, 0.2) is 54.9 Å². The number of nitrogens with zero attached hydrogens (tertiary/aromatic N) is 6. The summed E-state index contributed by atoms with van der Waals surface area (Å²) in [6.07, 6.45) is 6.21. The average Bonchev–Trinajstić information content (AvgIpc) is 3.39. The number of imidazole rings is 1. The summed E-state index contributed by atoms with van der Waals surface area (Å²) in [5.41, 5.74) is 4.16. The summed E-state index contributed by atoms with van der Waals surface area (Å²) in [6.45, 7) is 10.1. The summed E-state index contributed by atoms with van der Waals surface area (Å²) in [5.74, 6) is 1.96. The van der Waals surface area contributed by atoms with E-state index in [1.807, 2.05) is 23.1 Å². The molecule has 0 saturated carbocycles. The highest BCUT2D eigenvalue weighted by molar-refractivity contribution is 5.80. The Balaban J connectivity index is 1.71. The highest BCUT2D eigenvalue weighted by Gasteiger charge is 2.15. The van der Waals surface area contributed by atoms with Crippen LogP contribution in [0.3, 0.4) is 0 Å². The standard InChI is InChI=1S/C24H30N6/c1-4-14-28(15-5-2)23-12-11-19(17-25-23)24-26-21-9-7-8-10-22(21)30(24)18-20-13-16-29(6-3)27-20/h7-13,16-17H,4-6,14-15,18H2,1-3H3. The third kappa shape index (κ3) is 4.08. The molecule has 3 aromatic heterocycles. The third-order valence-corrected chi connectivity index (χ3v) is 5.31. The van der Waals surface area contributed by atoms with Gasteiger partial charge >= 0.3 is 0 Å². The molecule has 30 heavy (non-hydrogen) atoms. The predicted octanol–water partition coefficient (Wildman–Crippen LogP) is 4.99. The molecule has 0 bridgehead atoms. The van der Waals surface area contributed by atoms with E-state index in [1.54, 1.807) is 0 Å². The van der Waals surface area contributed by atoms with E-state index >= 15 is 0 Å². The summed E-state index contributed by atoms with van der Waals surface area (Å²) < 4.78 is 4.20. The number of para-hydroxylation sites is 2. The second-order valence-corrected chi connectivity index (χ2v) is 7.57. The molecule has 0 unspecified atom stereocenters. The second-order valence-electron chi connectivity index (χ2n) is 7.57. The van der Waals surface area contributed by atoms with Crippen molar-refractivity contribution in [1.82, 2.24) is 24.3 Å². The molecule has 3 heterocycles. The lowest BCUT2D eigenvalue weighted by atomic mass is 10.2. The molecule has 0 atom stereocenters. The lowest BCUT2D eigenvalue weighted by Crippen LogP contribution is -2.25. The molecular weight excluding hydrogens is 372 g/mol. The number of hydrogen-bond acceptors (Lipinski definition) is 4. The first-order chi connectivity index (χ1) is 14.7. The van der Waals surface area contributed by atoms with Crippen molar-refractivity contribution in [2.75, 3.05) is 18.0 Å². The van der Waals surface area contributed by atoms with Crippen molar-refractivity contribution in [3.8, 4) is 11.4 Å². The van der Waals surface area contributed by atoms with Gasteiger partial charge in [-0.1, -0.05) is 26.0 Å². The van der Waals surface area contributed by atoms with Crippen LogP contribution in [-0.2, 0) is 13.1 Å². The van der Waals surface area contributed by atoms with Crippen LogP contribution in [0.4, 0.5) is 5.82 Å². The molecule has 1 aromatic carbocycles. The van der Waals surface area contributed by atoms with Crippen molar-refractivity contribution in [3.05, 3.63) is 60.6 Å². The molecule has 0 fully saturated rings. The minimum Gasteiger partial charge on any atom is -0.357 e. The van der Waals surface area contributed by atoms with E-state index in [-0.39, 0.29) is 0 Å². The summed E-state index contributed by atoms with van der Waals surface area (Å²) in [4.78, 5) is 12.1. The number of hydrogen-bond donors (Lipinski definition) is 0. The van der Waals surface area contributed by atoms with E-state index in [0.29, 0.717) is 6.54 Å². The Hall–Kier alpha value is -3.15. The summed E-state index contributed by atoms with van der Waals surface area (Å²) in [5, 5.41) is 4.67. The lowest BCUT2D eigenvalue weighted by Gasteiger charge is -2.22. The van der Waals surface area contributed by atoms with Crippen LogP contribution in [0, 0.1) is 0 Å². The maximum Gasteiger partial charge on any atom is 0.143 e. The Labute approximate surface area is 178 Å². The van der Waals surface area contributed by atoms with Crippen LogP contribution in [0.1, 0.15) is 39.3 Å². The monoisotopic (exact) mass is 402 g/mol. The zero-order chi connectivity index (χ0) is 20.9. The normalized spacial score (nSPS) is 11.3. The van der Waals surface area contributed by atoms with E-state index < -0.39 is 0 Å². The molecule has 0 aliphatic heterocycles. The van der Waals surface area contributed by atoms with Gasteiger partial charge in [0.2, 0.25) is 0 Å². The first-order valence-corrected chi connectivity index (χ1v) is 10.9. The van der Waals surface area contributed by atoms with Crippen LogP contribution in [0.25, 0.3) is 22.4 Å². The minimum atomic E-state index is 0.683. The molecule has 0 radical (unpaired) electrons. The molecule has 156 valence electrons. The van der Waals surface area contributed by atoms with E-state index in [1.165, 1.54) is 0 Å². The van der Waals surface area contributed by atoms with Gasteiger partial charge in [0.05, 0.1) is 23.3 Å². The number of anilines is 1. The predicted molar refractivity (Wildman–Crippen MR) is 123 cm³/mol. The minimum absolute atomic E-state index is 0.683. The molecule has 4 rings (SSSR count). The molecule has 4 aromatic rings. The molecule has 0 amide bonds. The summed E-state index contributed by atoms with van der Waals surface area (Å²) in [7, 11) is 0. The van der Waals surface area contributed by atoms with Gasteiger partial charge in [-0.25, -0.2) is 9.97 Å². The molecule has 0 N–H and O–H groups in total. The smallest absolute Gasteiger partial charge is 0.143 e. The Morgan fingerprint density at radius 2 is 1.73 bits per heavy atom. The van der Waals surface area contributed by atoms with Gasteiger partial charge in [0, 0.05) is 37.6 Å². The average molecular weight is 403 g/mol. The van der Waals surface area contributed by atoms with Crippen LogP contribution in [0.2, 0.25) is 0 Å². The van der Waals surface area contributed by atoms with Gasteiger partial charge in [-0.05, 0) is 50.1 Å². The number of pyridine rings is 1. The number of aromatic nitrogens is 5. The van der Waals surface area contributed by atoms with Crippen LogP contribution in [0.5, 0.6) is 0 Å². The first kappa shape index (κ1) is 20.1. The van der Waals surface area contributed by atoms with E-state index in [2.05, 4.69) is 71.7 Å². The second kappa shape index (κ2) is 9.11. The third-order valence-electron chi connectivity index (χ3n) is 5.31. The first-order valence-electron chi connectivity index (χ1n) is 10.9. The number of benzene rings is 1. The number of rotatable bonds is 9. The fraction of sp³-hybridized carbons (Fsp3) is 0.375. The van der Waals surface area contributed by atoms with Gasteiger partial charge in [0.1, 0.15) is 11.6 Å². The van der Waals surface area contributed by atoms with Crippen molar-refractivity contribution in [1.29, 1.82) is 0 Å². The van der Waals surface area contributed by atoms with Gasteiger partial charge in [-0.3, -0.25) is 4.68 Å². The molecule has 0 saturated heterocycles. The molecule has 6 heteroatoms. The Morgan fingerprint density at radius 1 is 0.933 bits per heavy atom. The van der Waals surface area contributed by atoms with Gasteiger partial charge < -0.3 is 9.47 Å². The molecule has 0 spiro atoms. The van der Waals surface area contributed by atoms with Crippen LogP contribution >= 0.6 is 0 Å². The van der Waals surface area contributed by atoms with E-state index in [4.69, 9.17) is 9.97 Å². The maximum atomic E-state index is 4.93. The maximum absolute atomic E-state index is 4.93.